The predicted molar refractivity (Wildman–Crippen MR) is 46.0 cm³/mol. The molecule has 1 N–H and O–H groups in total. The van der Waals surface area contributed by atoms with Gasteiger partial charge in [-0.3, -0.25) is 0 Å². The molecule has 1 aliphatic heterocycles. The second-order valence-electron chi connectivity index (χ2n) is 2.87. The number of fused-ring (bicyclic) bond motifs is 1. The van der Waals surface area contributed by atoms with Crippen LogP contribution < -0.4 is 9.80 Å². The Labute approximate surface area is 79.5 Å². The third kappa shape index (κ3) is 0.966. The van der Waals surface area contributed by atoms with Crippen molar-refractivity contribution in [3.8, 4) is 5.75 Å². The zero-order valence-corrected chi connectivity index (χ0v) is 7.37. The number of hydrogen-bond acceptors (Lipinski definition) is 4. The average molecular weight is 193 g/mol. The van der Waals surface area contributed by atoms with Crippen LogP contribution in [0.2, 0.25) is 0 Å². The van der Waals surface area contributed by atoms with Crippen LogP contribution in [0.15, 0.2) is 18.2 Å². The predicted octanol–water partition coefficient (Wildman–Crippen LogP) is -0.628. The Hall–Kier alpha value is -1.72. The number of benzene rings is 1. The first kappa shape index (κ1) is 8.86. The maximum atomic E-state index is 11.3. The lowest BCUT2D eigenvalue weighted by Gasteiger charge is -2.07. The molecule has 0 spiro atoms. The van der Waals surface area contributed by atoms with Gasteiger partial charge in [0.25, 0.3) is 0 Å². The molecule has 0 aliphatic carbocycles. The first-order valence-corrected chi connectivity index (χ1v) is 3.97. The van der Waals surface area contributed by atoms with Gasteiger partial charge in [0.1, 0.15) is 16.9 Å². The Morgan fingerprint density at radius 2 is 2.00 bits per heavy atom. The fourth-order valence-electron chi connectivity index (χ4n) is 1.46. The summed E-state index contributed by atoms with van der Waals surface area (Å²) in [6.45, 7) is 0. The van der Waals surface area contributed by atoms with Crippen LogP contribution in [-0.2, 0) is 0 Å². The number of hydrogen-bond donors (Lipinski definition) is 1. The van der Waals surface area contributed by atoms with Crippen molar-refractivity contribution in [3.05, 3.63) is 34.5 Å². The molecule has 2 rings (SSSR count). The van der Waals surface area contributed by atoms with Gasteiger partial charge in [-0.2, -0.15) is 0 Å². The molecule has 0 saturated heterocycles. The lowest BCUT2D eigenvalue weighted by molar-refractivity contribution is -0.657. The second kappa shape index (κ2) is 2.90. The summed E-state index contributed by atoms with van der Waals surface area (Å²) in [5.41, 5.74) is 0.226. The van der Waals surface area contributed by atoms with Crippen LogP contribution in [0.25, 0.3) is 0 Å². The van der Waals surface area contributed by atoms with Crippen LogP contribution in [0.5, 0.6) is 5.75 Å². The SMILES string of the molecule is COc1cccc2c1C(=O)[NH+]([O-])C2=O. The third-order valence-electron chi connectivity index (χ3n) is 2.13. The van der Waals surface area contributed by atoms with Crippen molar-refractivity contribution < 1.29 is 19.4 Å². The molecule has 1 atom stereocenters. The summed E-state index contributed by atoms with van der Waals surface area (Å²) in [5.74, 6) is -1.25. The first-order chi connectivity index (χ1) is 6.66. The van der Waals surface area contributed by atoms with Gasteiger partial charge in [0.05, 0.1) is 7.11 Å². The number of hydroxylamine groups is 2. The average Bonchev–Trinajstić information content (AvgIpc) is 2.44. The van der Waals surface area contributed by atoms with Gasteiger partial charge in [-0.25, -0.2) is 14.7 Å². The van der Waals surface area contributed by atoms with Crippen molar-refractivity contribution in [2.45, 2.75) is 0 Å². The number of carbonyl (C=O) groups excluding carboxylic acids is 2. The molecule has 0 radical (unpaired) electrons. The van der Waals surface area contributed by atoms with Crippen molar-refractivity contribution in [1.82, 2.24) is 0 Å². The van der Waals surface area contributed by atoms with Gasteiger partial charge < -0.3 is 9.94 Å². The van der Waals surface area contributed by atoms with Crippen LogP contribution in [0.3, 0.4) is 0 Å². The van der Waals surface area contributed by atoms with E-state index in [2.05, 4.69) is 0 Å². The summed E-state index contributed by atoms with van der Waals surface area (Å²) >= 11 is 0. The van der Waals surface area contributed by atoms with E-state index >= 15 is 0 Å². The molecular weight excluding hydrogens is 186 g/mol. The molecule has 1 heterocycles. The molecular formula is C9H7NO4. The van der Waals surface area contributed by atoms with E-state index in [-0.39, 0.29) is 16.9 Å². The number of quaternary nitrogens is 1. The molecule has 0 saturated carbocycles. The van der Waals surface area contributed by atoms with E-state index < -0.39 is 16.9 Å². The molecule has 72 valence electrons. The lowest BCUT2D eigenvalue weighted by Crippen LogP contribution is -3.10. The van der Waals surface area contributed by atoms with Crippen LogP contribution in [-0.4, -0.2) is 18.9 Å². The van der Waals surface area contributed by atoms with Crippen LogP contribution in [0.1, 0.15) is 20.7 Å². The molecule has 5 heteroatoms. The Morgan fingerprint density at radius 1 is 1.29 bits per heavy atom. The Bertz CT molecular complexity index is 427. The maximum absolute atomic E-state index is 11.3. The van der Waals surface area contributed by atoms with Gasteiger partial charge >= 0.3 is 11.8 Å². The molecule has 0 aromatic heterocycles. The maximum Gasteiger partial charge on any atom is 0.356 e. The van der Waals surface area contributed by atoms with Gasteiger partial charge in [0, 0.05) is 0 Å². The topological polar surface area (TPSA) is 70.9 Å². The molecule has 2 amide bonds. The number of carbonyl (C=O) groups is 2. The van der Waals surface area contributed by atoms with E-state index in [0.717, 1.165) is 0 Å². The molecule has 14 heavy (non-hydrogen) atoms. The van der Waals surface area contributed by atoms with Gasteiger partial charge in [0.2, 0.25) is 0 Å². The molecule has 1 unspecified atom stereocenters. The van der Waals surface area contributed by atoms with Crippen LogP contribution in [0, 0.1) is 5.21 Å². The number of rotatable bonds is 1. The number of methoxy groups -OCH3 is 1. The summed E-state index contributed by atoms with van der Waals surface area (Å²) in [6.07, 6.45) is 0. The summed E-state index contributed by atoms with van der Waals surface area (Å²) in [5, 5.41) is 10.1. The van der Waals surface area contributed by atoms with E-state index in [0.29, 0.717) is 0 Å². The van der Waals surface area contributed by atoms with E-state index in [1.54, 1.807) is 12.1 Å². The van der Waals surface area contributed by atoms with E-state index in [1.807, 2.05) is 0 Å². The quantitative estimate of drug-likeness (QED) is 0.476. The third-order valence-corrected chi connectivity index (χ3v) is 2.13. The van der Waals surface area contributed by atoms with E-state index in [1.165, 1.54) is 13.2 Å². The van der Waals surface area contributed by atoms with Gasteiger partial charge in [-0.05, 0) is 12.1 Å². The molecule has 1 aromatic rings. The fraction of sp³-hybridized carbons (Fsp3) is 0.111. The standard InChI is InChI=1S/C9H7NO4/c1-14-6-4-2-3-5-7(6)9(12)10(13)8(5)11/h2-4,10H,1H3. The van der Waals surface area contributed by atoms with Crippen LogP contribution in [0.4, 0.5) is 0 Å². The highest BCUT2D eigenvalue weighted by Crippen LogP contribution is 2.23. The number of ether oxygens (including phenoxy) is 1. The summed E-state index contributed by atoms with van der Waals surface area (Å²) in [4.78, 5) is 22.6. The number of imide groups is 1. The highest BCUT2D eigenvalue weighted by molar-refractivity contribution is 6.13. The van der Waals surface area contributed by atoms with Gasteiger partial charge in [-0.1, -0.05) is 6.07 Å². The zero-order chi connectivity index (χ0) is 10.3. The summed E-state index contributed by atoms with van der Waals surface area (Å²) in [6, 6.07) is 4.56. The first-order valence-electron chi connectivity index (χ1n) is 3.97. The molecule has 1 aromatic carbocycles. The molecule has 1 aliphatic rings. The minimum absolute atomic E-state index is 0.0880. The fourth-order valence-corrected chi connectivity index (χ4v) is 1.46. The van der Waals surface area contributed by atoms with Crippen molar-refractivity contribution in [1.29, 1.82) is 0 Å². The summed E-state index contributed by atoms with van der Waals surface area (Å²) in [7, 11) is 1.39. The second-order valence-corrected chi connectivity index (χ2v) is 2.87. The Morgan fingerprint density at radius 3 is 2.64 bits per heavy atom. The minimum atomic E-state index is -0.982. The molecule has 0 fully saturated rings. The van der Waals surface area contributed by atoms with Crippen molar-refractivity contribution in [2.24, 2.45) is 0 Å². The number of nitrogens with one attached hydrogen (secondary N) is 1. The van der Waals surface area contributed by atoms with Gasteiger partial charge in [-0.15, -0.1) is 0 Å². The van der Waals surface area contributed by atoms with E-state index in [9.17, 15) is 14.8 Å². The Balaban J connectivity index is 2.69. The molecule has 0 bridgehead atoms. The minimum Gasteiger partial charge on any atom is -0.619 e. The van der Waals surface area contributed by atoms with Gasteiger partial charge in [0.15, 0.2) is 0 Å². The van der Waals surface area contributed by atoms with Crippen molar-refractivity contribution in [2.75, 3.05) is 7.11 Å². The van der Waals surface area contributed by atoms with E-state index in [4.69, 9.17) is 4.74 Å². The zero-order valence-electron chi connectivity index (χ0n) is 7.37. The highest BCUT2D eigenvalue weighted by Gasteiger charge is 2.39. The van der Waals surface area contributed by atoms with Crippen LogP contribution >= 0.6 is 0 Å². The largest absolute Gasteiger partial charge is 0.619 e. The van der Waals surface area contributed by atoms with Crippen molar-refractivity contribution >= 4 is 11.8 Å². The smallest absolute Gasteiger partial charge is 0.356 e. The Kier molecular flexibility index (Phi) is 1.83. The lowest BCUT2D eigenvalue weighted by atomic mass is 10.1. The monoisotopic (exact) mass is 193 g/mol. The number of amides is 2. The summed E-state index contributed by atoms with van der Waals surface area (Å²) < 4.78 is 4.90. The molecule has 5 nitrogen and oxygen atoms in total. The highest BCUT2D eigenvalue weighted by atomic mass is 16.5. The van der Waals surface area contributed by atoms with Crippen molar-refractivity contribution in [3.63, 3.8) is 0 Å². The normalized spacial score (nSPS) is 19.7.